The van der Waals surface area contributed by atoms with E-state index in [4.69, 9.17) is 0 Å². The van der Waals surface area contributed by atoms with Gasteiger partial charge in [0.25, 0.3) is 0 Å². The van der Waals surface area contributed by atoms with E-state index in [0.29, 0.717) is 6.04 Å². The molecule has 5 heteroatoms. The Bertz CT molecular complexity index is 570. The number of hydrogen-bond acceptors (Lipinski definition) is 4. The standard InChI is InChI=1S/C15H24N4S/c1-6-13-8-17-14(20-13)9-16-10(3)15-11(4)18-19(7-2)12(15)5/h8,10,16H,6-7,9H2,1-5H3. The molecule has 0 amide bonds. The Hall–Kier alpha value is -1.20. The molecular formula is C15H24N4S. The second kappa shape index (κ2) is 6.50. The van der Waals surface area contributed by atoms with Crippen molar-refractivity contribution in [3.8, 4) is 0 Å². The van der Waals surface area contributed by atoms with Crippen LogP contribution in [0.3, 0.4) is 0 Å². The Kier molecular flexibility index (Phi) is 4.94. The molecule has 20 heavy (non-hydrogen) atoms. The van der Waals surface area contributed by atoms with Gasteiger partial charge in [0, 0.05) is 41.5 Å². The van der Waals surface area contributed by atoms with Crippen molar-refractivity contribution < 1.29 is 0 Å². The molecular weight excluding hydrogens is 268 g/mol. The predicted molar refractivity (Wildman–Crippen MR) is 84.1 cm³/mol. The highest BCUT2D eigenvalue weighted by atomic mass is 32.1. The zero-order valence-corrected chi connectivity index (χ0v) is 13.8. The first-order valence-electron chi connectivity index (χ1n) is 7.27. The molecule has 1 unspecified atom stereocenters. The number of hydrogen-bond donors (Lipinski definition) is 1. The summed E-state index contributed by atoms with van der Waals surface area (Å²) >= 11 is 1.79. The van der Waals surface area contributed by atoms with Gasteiger partial charge in [0.2, 0.25) is 0 Å². The van der Waals surface area contributed by atoms with Crippen LogP contribution in [0.4, 0.5) is 0 Å². The molecule has 2 aromatic rings. The highest BCUT2D eigenvalue weighted by Crippen LogP contribution is 2.22. The zero-order chi connectivity index (χ0) is 14.7. The monoisotopic (exact) mass is 292 g/mol. The maximum Gasteiger partial charge on any atom is 0.107 e. The molecule has 2 heterocycles. The maximum atomic E-state index is 4.59. The molecule has 0 spiro atoms. The van der Waals surface area contributed by atoms with Crippen molar-refractivity contribution in [1.82, 2.24) is 20.1 Å². The van der Waals surface area contributed by atoms with E-state index in [-0.39, 0.29) is 0 Å². The van der Waals surface area contributed by atoms with Crippen molar-refractivity contribution in [1.29, 1.82) is 0 Å². The van der Waals surface area contributed by atoms with Gasteiger partial charge < -0.3 is 5.32 Å². The number of rotatable bonds is 6. The van der Waals surface area contributed by atoms with Gasteiger partial charge in [-0.15, -0.1) is 11.3 Å². The van der Waals surface area contributed by atoms with Gasteiger partial charge in [0.05, 0.1) is 5.69 Å². The Morgan fingerprint density at radius 1 is 1.35 bits per heavy atom. The van der Waals surface area contributed by atoms with E-state index >= 15 is 0 Å². The lowest BCUT2D eigenvalue weighted by Gasteiger charge is -2.14. The number of nitrogens with one attached hydrogen (secondary N) is 1. The molecule has 110 valence electrons. The second-order valence-corrected chi connectivity index (χ2v) is 6.28. The molecule has 1 N–H and O–H groups in total. The van der Waals surface area contributed by atoms with Crippen LogP contribution < -0.4 is 5.32 Å². The van der Waals surface area contributed by atoms with E-state index in [1.54, 1.807) is 11.3 Å². The van der Waals surface area contributed by atoms with Crippen LogP contribution in [-0.2, 0) is 19.5 Å². The van der Waals surface area contributed by atoms with Crippen LogP contribution in [0.25, 0.3) is 0 Å². The van der Waals surface area contributed by atoms with E-state index in [0.717, 1.165) is 30.2 Å². The topological polar surface area (TPSA) is 42.7 Å². The second-order valence-electron chi connectivity index (χ2n) is 5.08. The van der Waals surface area contributed by atoms with Gasteiger partial charge in [-0.1, -0.05) is 6.92 Å². The van der Waals surface area contributed by atoms with Crippen LogP contribution in [0, 0.1) is 13.8 Å². The zero-order valence-electron chi connectivity index (χ0n) is 13.0. The first kappa shape index (κ1) is 15.2. The molecule has 0 aliphatic rings. The van der Waals surface area contributed by atoms with E-state index in [1.807, 2.05) is 6.20 Å². The third-order valence-corrected chi connectivity index (χ3v) is 4.82. The summed E-state index contributed by atoms with van der Waals surface area (Å²) in [5, 5.41) is 9.31. The third kappa shape index (κ3) is 3.10. The summed E-state index contributed by atoms with van der Waals surface area (Å²) in [5.74, 6) is 0. The van der Waals surface area contributed by atoms with Gasteiger partial charge in [-0.25, -0.2) is 4.98 Å². The SMILES string of the molecule is CCc1cnc(CNC(C)c2c(C)nn(CC)c2C)s1. The van der Waals surface area contributed by atoms with E-state index in [2.05, 4.69) is 54.7 Å². The van der Waals surface area contributed by atoms with Gasteiger partial charge in [0.15, 0.2) is 0 Å². The number of thiazole rings is 1. The fourth-order valence-corrected chi connectivity index (χ4v) is 3.39. The summed E-state index contributed by atoms with van der Waals surface area (Å²) in [4.78, 5) is 5.80. The quantitative estimate of drug-likeness (QED) is 0.887. The Balaban J connectivity index is 2.04. The molecule has 0 fully saturated rings. The lowest BCUT2D eigenvalue weighted by atomic mass is 10.1. The Labute approximate surface area is 125 Å². The molecule has 0 bridgehead atoms. The van der Waals surface area contributed by atoms with Crippen molar-refractivity contribution in [2.24, 2.45) is 0 Å². The number of aryl methyl sites for hydroxylation is 3. The molecule has 4 nitrogen and oxygen atoms in total. The van der Waals surface area contributed by atoms with Crippen LogP contribution >= 0.6 is 11.3 Å². The normalized spacial score (nSPS) is 12.8. The summed E-state index contributed by atoms with van der Waals surface area (Å²) in [6, 6.07) is 0.296. The van der Waals surface area contributed by atoms with Gasteiger partial charge >= 0.3 is 0 Å². The summed E-state index contributed by atoms with van der Waals surface area (Å²) in [6.45, 7) is 12.5. The molecule has 0 saturated carbocycles. The highest BCUT2D eigenvalue weighted by Gasteiger charge is 2.16. The van der Waals surface area contributed by atoms with Crippen LogP contribution in [0.2, 0.25) is 0 Å². The van der Waals surface area contributed by atoms with Gasteiger partial charge in [-0.3, -0.25) is 4.68 Å². The van der Waals surface area contributed by atoms with Crippen molar-refractivity contribution in [3.05, 3.63) is 33.0 Å². The molecule has 2 rings (SSSR count). The lowest BCUT2D eigenvalue weighted by Crippen LogP contribution is -2.19. The smallest absolute Gasteiger partial charge is 0.107 e. The molecule has 0 aliphatic heterocycles. The molecule has 2 aromatic heterocycles. The van der Waals surface area contributed by atoms with Crippen molar-refractivity contribution >= 4 is 11.3 Å². The maximum absolute atomic E-state index is 4.59. The first-order chi connectivity index (χ1) is 9.56. The van der Waals surface area contributed by atoms with Crippen molar-refractivity contribution in [3.63, 3.8) is 0 Å². The van der Waals surface area contributed by atoms with E-state index < -0.39 is 0 Å². The minimum atomic E-state index is 0.296. The average molecular weight is 292 g/mol. The molecule has 0 aliphatic carbocycles. The van der Waals surface area contributed by atoms with Crippen molar-refractivity contribution in [2.45, 2.75) is 60.2 Å². The Morgan fingerprint density at radius 2 is 2.10 bits per heavy atom. The molecule has 0 saturated heterocycles. The highest BCUT2D eigenvalue weighted by molar-refractivity contribution is 7.11. The minimum Gasteiger partial charge on any atom is -0.304 e. The fraction of sp³-hybridized carbons (Fsp3) is 0.600. The fourth-order valence-electron chi connectivity index (χ4n) is 2.58. The van der Waals surface area contributed by atoms with Gasteiger partial charge in [-0.2, -0.15) is 5.10 Å². The van der Waals surface area contributed by atoms with Crippen molar-refractivity contribution in [2.75, 3.05) is 0 Å². The number of nitrogens with zero attached hydrogens (tertiary/aromatic N) is 3. The molecule has 0 aromatic carbocycles. The van der Waals surface area contributed by atoms with Crippen LogP contribution in [-0.4, -0.2) is 14.8 Å². The lowest BCUT2D eigenvalue weighted by molar-refractivity contribution is 0.565. The third-order valence-electron chi connectivity index (χ3n) is 3.68. The summed E-state index contributed by atoms with van der Waals surface area (Å²) in [7, 11) is 0. The summed E-state index contributed by atoms with van der Waals surface area (Å²) in [6.07, 6.45) is 3.05. The summed E-state index contributed by atoms with van der Waals surface area (Å²) < 4.78 is 2.07. The van der Waals surface area contributed by atoms with E-state index in [9.17, 15) is 0 Å². The van der Waals surface area contributed by atoms with Crippen LogP contribution in [0.1, 0.15) is 53.6 Å². The van der Waals surface area contributed by atoms with Crippen LogP contribution in [0.15, 0.2) is 6.20 Å². The number of aromatic nitrogens is 3. The van der Waals surface area contributed by atoms with Gasteiger partial charge in [-0.05, 0) is 34.1 Å². The first-order valence-corrected chi connectivity index (χ1v) is 8.09. The molecule has 1 atom stereocenters. The average Bonchev–Trinajstić information content (AvgIpc) is 3.00. The van der Waals surface area contributed by atoms with Gasteiger partial charge in [0.1, 0.15) is 5.01 Å². The largest absolute Gasteiger partial charge is 0.304 e. The van der Waals surface area contributed by atoms with E-state index in [1.165, 1.54) is 16.1 Å². The minimum absolute atomic E-state index is 0.296. The Morgan fingerprint density at radius 3 is 2.65 bits per heavy atom. The van der Waals surface area contributed by atoms with Crippen LogP contribution in [0.5, 0.6) is 0 Å². The predicted octanol–water partition coefficient (Wildman–Crippen LogP) is 3.39. The summed E-state index contributed by atoms with van der Waals surface area (Å²) in [5.41, 5.74) is 3.70. The molecule has 0 radical (unpaired) electrons.